The number of piperidine rings is 1. The lowest BCUT2D eigenvalue weighted by Gasteiger charge is -2.43. The lowest BCUT2D eigenvalue weighted by molar-refractivity contribution is -0.276. The van der Waals surface area contributed by atoms with E-state index < -0.39 is 28.3 Å². The number of nitrogens with zero attached hydrogens (tertiary/aromatic N) is 1. The Morgan fingerprint density at radius 3 is 2.18 bits per heavy atom. The van der Waals surface area contributed by atoms with Crippen LogP contribution in [0, 0.1) is 12.8 Å². The number of hydrogen-bond acceptors (Lipinski definition) is 7. The molecular formula is C47H53N3O6S. The van der Waals surface area contributed by atoms with Crippen molar-refractivity contribution in [1.82, 2.24) is 14.9 Å². The molecule has 5 aromatic carbocycles. The van der Waals surface area contributed by atoms with Crippen molar-refractivity contribution in [3.05, 3.63) is 161 Å². The number of aliphatic hydroxyl groups excluding tert-OH is 1. The van der Waals surface area contributed by atoms with Crippen LogP contribution in [0.4, 0.5) is 0 Å². The lowest BCUT2D eigenvalue weighted by Crippen LogP contribution is -2.47. The fourth-order valence-corrected chi connectivity index (χ4v) is 8.97. The molecule has 0 saturated carbocycles. The van der Waals surface area contributed by atoms with Gasteiger partial charge in [-0.2, -0.15) is 4.72 Å². The topological polar surface area (TPSA) is 117 Å². The van der Waals surface area contributed by atoms with Gasteiger partial charge in [0.25, 0.3) is 0 Å². The lowest BCUT2D eigenvalue weighted by atomic mass is 9.89. The van der Waals surface area contributed by atoms with E-state index in [1.165, 1.54) is 19.3 Å². The molecule has 2 saturated heterocycles. The van der Waals surface area contributed by atoms with Crippen molar-refractivity contribution in [1.29, 1.82) is 0 Å². The minimum absolute atomic E-state index is 0.00408. The molecule has 9 nitrogen and oxygen atoms in total. The first-order valence-electron chi connectivity index (χ1n) is 20.0. The molecule has 0 aliphatic carbocycles. The number of hydrogen-bond donors (Lipinski definition) is 3. The molecule has 5 aromatic rings. The third kappa shape index (κ3) is 10.4. The molecule has 2 heterocycles. The van der Waals surface area contributed by atoms with E-state index in [1.54, 1.807) is 24.3 Å². The Morgan fingerprint density at radius 2 is 1.46 bits per heavy atom. The number of carbonyl (C=O) groups is 1. The SMILES string of the molecule is Cc1ccc(S(=O)(=O)N[C@H](Cc2ccccc2)C(=O)NCc2cccc(-c3cccc([C@H]4O[C@@H](CN5CCCCC5)[C@@H](C)[C@@H](c5ccc(CO)cc5)O4)c3)c2)cc1. The van der Waals surface area contributed by atoms with Crippen molar-refractivity contribution in [3.8, 4) is 11.1 Å². The van der Waals surface area contributed by atoms with Gasteiger partial charge in [0.2, 0.25) is 15.9 Å². The fraction of sp³-hybridized carbons (Fsp3) is 0.340. The number of sulfonamides is 1. The van der Waals surface area contributed by atoms with E-state index in [4.69, 9.17) is 9.47 Å². The number of nitrogens with one attached hydrogen (secondary N) is 2. The van der Waals surface area contributed by atoms with E-state index in [0.29, 0.717) is 0 Å². The van der Waals surface area contributed by atoms with Gasteiger partial charge in [0.15, 0.2) is 6.29 Å². The van der Waals surface area contributed by atoms with Gasteiger partial charge in [-0.05, 0) is 96.9 Å². The molecule has 2 aliphatic heterocycles. The van der Waals surface area contributed by atoms with Crippen molar-refractivity contribution < 1.29 is 27.8 Å². The minimum Gasteiger partial charge on any atom is -0.392 e. The maximum absolute atomic E-state index is 13.7. The third-order valence-corrected chi connectivity index (χ3v) is 12.6. The van der Waals surface area contributed by atoms with Crippen LogP contribution in [0.3, 0.4) is 0 Å². The Bertz CT molecular complexity index is 2190. The van der Waals surface area contributed by atoms with Crippen LogP contribution in [0.15, 0.2) is 132 Å². The number of amides is 1. The summed E-state index contributed by atoms with van der Waals surface area (Å²) in [4.78, 5) is 16.3. The summed E-state index contributed by atoms with van der Waals surface area (Å²) >= 11 is 0. The number of aliphatic hydroxyl groups is 1. The molecule has 0 aromatic heterocycles. The molecule has 1 amide bonds. The molecule has 57 heavy (non-hydrogen) atoms. The Kier molecular flexibility index (Phi) is 13.3. The molecule has 7 rings (SSSR count). The van der Waals surface area contributed by atoms with E-state index in [-0.39, 0.29) is 42.6 Å². The van der Waals surface area contributed by atoms with Gasteiger partial charge in [0.05, 0.1) is 23.7 Å². The van der Waals surface area contributed by atoms with Crippen LogP contribution in [0.2, 0.25) is 0 Å². The van der Waals surface area contributed by atoms with Crippen molar-refractivity contribution >= 4 is 15.9 Å². The minimum atomic E-state index is -3.96. The Morgan fingerprint density at radius 1 is 0.772 bits per heavy atom. The second-order valence-corrected chi connectivity index (χ2v) is 17.1. The molecule has 2 fully saturated rings. The summed E-state index contributed by atoms with van der Waals surface area (Å²) in [5.74, 6) is -0.300. The Labute approximate surface area is 337 Å². The quantitative estimate of drug-likeness (QED) is 0.106. The summed E-state index contributed by atoms with van der Waals surface area (Å²) in [5, 5.41) is 12.6. The van der Waals surface area contributed by atoms with Crippen LogP contribution in [-0.4, -0.2) is 56.1 Å². The zero-order chi connectivity index (χ0) is 39.8. The van der Waals surface area contributed by atoms with E-state index in [1.807, 2.05) is 85.8 Å². The molecule has 5 atom stereocenters. The fourth-order valence-electron chi connectivity index (χ4n) is 7.77. The molecule has 0 unspecified atom stereocenters. The third-order valence-electron chi connectivity index (χ3n) is 11.1. The standard InChI is InChI=1S/C47H53N3O6S/c1-33-17-23-42(24-18-33)57(53,54)49-43(28-35-11-5-3-6-12-35)46(52)48-30-37-13-9-14-39(27-37)40-15-10-16-41(29-40)47-55-44(31-50-25-7-4-8-26-50)34(2)45(56-47)38-21-19-36(32-51)20-22-38/h3,5-6,9-24,27,29,34,43-45,47,49,51H,4,7-8,25-26,28,30-32H2,1-2H3,(H,48,52)/t34-,43-,44+,45+,47+/m1/s1. The van der Waals surface area contributed by atoms with Gasteiger partial charge in [0.1, 0.15) is 6.04 Å². The van der Waals surface area contributed by atoms with E-state index in [9.17, 15) is 18.3 Å². The van der Waals surface area contributed by atoms with Crippen LogP contribution in [0.25, 0.3) is 11.1 Å². The van der Waals surface area contributed by atoms with E-state index in [2.05, 4.69) is 46.1 Å². The highest BCUT2D eigenvalue weighted by molar-refractivity contribution is 7.89. The van der Waals surface area contributed by atoms with Gasteiger partial charge >= 0.3 is 0 Å². The summed E-state index contributed by atoms with van der Waals surface area (Å²) in [6.07, 6.45) is 3.08. The van der Waals surface area contributed by atoms with Gasteiger partial charge in [0, 0.05) is 24.6 Å². The maximum Gasteiger partial charge on any atom is 0.241 e. The van der Waals surface area contributed by atoms with Crippen molar-refractivity contribution in [2.45, 2.75) is 82.1 Å². The Hall–Kier alpha value is -4.68. The molecule has 3 N–H and O–H groups in total. The number of ether oxygens (including phenoxy) is 2. The van der Waals surface area contributed by atoms with Crippen LogP contribution in [-0.2, 0) is 43.9 Å². The number of carbonyl (C=O) groups excluding carboxylic acids is 1. The Balaban J connectivity index is 1.07. The molecule has 0 spiro atoms. The summed E-state index contributed by atoms with van der Waals surface area (Å²) in [7, 11) is -3.96. The van der Waals surface area contributed by atoms with Gasteiger partial charge in [-0.3, -0.25) is 4.79 Å². The first kappa shape index (κ1) is 40.5. The smallest absolute Gasteiger partial charge is 0.241 e. The zero-order valence-corrected chi connectivity index (χ0v) is 33.5. The monoisotopic (exact) mass is 787 g/mol. The highest BCUT2D eigenvalue weighted by atomic mass is 32.2. The molecule has 2 aliphatic rings. The average Bonchev–Trinajstić information content (AvgIpc) is 3.24. The first-order valence-corrected chi connectivity index (χ1v) is 21.5. The van der Waals surface area contributed by atoms with Crippen LogP contribution < -0.4 is 10.0 Å². The molecular weight excluding hydrogens is 735 g/mol. The van der Waals surface area contributed by atoms with Crippen LogP contribution in [0.5, 0.6) is 0 Å². The number of aryl methyl sites for hydroxylation is 1. The van der Waals surface area contributed by atoms with Crippen LogP contribution >= 0.6 is 0 Å². The van der Waals surface area contributed by atoms with Crippen molar-refractivity contribution in [3.63, 3.8) is 0 Å². The summed E-state index contributed by atoms with van der Waals surface area (Å²) in [6, 6.07) is 39.2. The number of likely N-dealkylation sites (tertiary alicyclic amines) is 1. The second-order valence-electron chi connectivity index (χ2n) is 15.4. The largest absolute Gasteiger partial charge is 0.392 e. The van der Waals surface area contributed by atoms with Crippen molar-refractivity contribution in [2.24, 2.45) is 5.92 Å². The molecule has 0 bridgehead atoms. The number of benzene rings is 5. The predicted octanol–water partition coefficient (Wildman–Crippen LogP) is 7.64. The normalized spacial score (nSPS) is 20.8. The maximum atomic E-state index is 13.7. The average molecular weight is 788 g/mol. The van der Waals surface area contributed by atoms with Gasteiger partial charge < -0.3 is 24.8 Å². The van der Waals surface area contributed by atoms with Gasteiger partial charge in [-0.15, -0.1) is 0 Å². The summed E-state index contributed by atoms with van der Waals surface area (Å²) in [6.45, 7) is 7.32. The van der Waals surface area contributed by atoms with Crippen LogP contribution in [0.1, 0.15) is 72.0 Å². The van der Waals surface area contributed by atoms with Crippen molar-refractivity contribution in [2.75, 3.05) is 19.6 Å². The highest BCUT2D eigenvalue weighted by Gasteiger charge is 2.39. The summed E-state index contributed by atoms with van der Waals surface area (Å²) < 4.78 is 43.0. The molecule has 0 radical (unpaired) electrons. The van der Waals surface area contributed by atoms with E-state index >= 15 is 0 Å². The predicted molar refractivity (Wildman–Crippen MR) is 222 cm³/mol. The molecule has 298 valence electrons. The summed E-state index contributed by atoms with van der Waals surface area (Å²) in [5.41, 5.74) is 7.46. The van der Waals surface area contributed by atoms with E-state index in [0.717, 1.165) is 64.1 Å². The zero-order valence-electron chi connectivity index (χ0n) is 32.7. The van der Waals surface area contributed by atoms with Gasteiger partial charge in [-0.25, -0.2) is 8.42 Å². The second kappa shape index (κ2) is 18.7. The highest BCUT2D eigenvalue weighted by Crippen LogP contribution is 2.42. The number of rotatable bonds is 14. The molecule has 10 heteroatoms. The first-order chi connectivity index (χ1) is 27.6. The van der Waals surface area contributed by atoms with Gasteiger partial charge in [-0.1, -0.05) is 122 Å².